The highest BCUT2D eigenvalue weighted by molar-refractivity contribution is 5.90. The molecule has 2 aromatic heterocycles. The van der Waals surface area contributed by atoms with Crippen molar-refractivity contribution in [3.63, 3.8) is 0 Å². The Morgan fingerprint density at radius 3 is 1.32 bits per heavy atom. The van der Waals surface area contributed by atoms with Crippen LogP contribution in [-0.2, 0) is 0 Å². The molecular weight excluding hydrogens is 420 g/mol. The lowest BCUT2D eigenvalue weighted by atomic mass is 10.1. The molecule has 0 saturated heterocycles. The van der Waals surface area contributed by atoms with Crippen LogP contribution < -0.4 is 10.6 Å². The van der Waals surface area contributed by atoms with Gasteiger partial charge in [0, 0.05) is 23.9 Å². The van der Waals surface area contributed by atoms with Crippen LogP contribution in [0.25, 0.3) is 21.8 Å². The molecule has 0 amide bonds. The lowest BCUT2D eigenvalue weighted by molar-refractivity contribution is 0.610. The Labute approximate surface area is 202 Å². The van der Waals surface area contributed by atoms with Gasteiger partial charge in [0.15, 0.2) is 0 Å². The highest BCUT2D eigenvalue weighted by atomic mass is 15.0. The fourth-order valence-electron chi connectivity index (χ4n) is 4.28. The Morgan fingerprint density at radius 1 is 0.500 bits per heavy atom. The average molecular weight is 457 g/mol. The SMILES string of the molecule is Cc1cc2ncnc(NCCCCCCCCNc3ncnc4cc(C)c(C)cc34)c2cc1C. The number of fused-ring (bicyclic) bond motifs is 2. The van der Waals surface area contributed by atoms with E-state index in [0.717, 1.165) is 59.4 Å². The Kier molecular flexibility index (Phi) is 7.88. The number of benzene rings is 2. The molecule has 6 nitrogen and oxygen atoms in total. The van der Waals surface area contributed by atoms with Gasteiger partial charge >= 0.3 is 0 Å². The second kappa shape index (κ2) is 11.2. The van der Waals surface area contributed by atoms with Gasteiger partial charge < -0.3 is 10.6 Å². The first kappa shape index (κ1) is 23.9. The third-order valence-electron chi connectivity index (χ3n) is 6.69. The second-order valence-corrected chi connectivity index (χ2v) is 9.33. The third kappa shape index (κ3) is 5.79. The monoisotopic (exact) mass is 456 g/mol. The predicted molar refractivity (Wildman–Crippen MR) is 143 cm³/mol. The molecule has 2 aromatic carbocycles. The van der Waals surface area contributed by atoms with E-state index in [1.807, 2.05) is 0 Å². The van der Waals surface area contributed by atoms with Crippen molar-refractivity contribution in [3.05, 3.63) is 59.2 Å². The highest BCUT2D eigenvalue weighted by Crippen LogP contribution is 2.24. The first-order valence-corrected chi connectivity index (χ1v) is 12.4. The second-order valence-electron chi connectivity index (χ2n) is 9.33. The van der Waals surface area contributed by atoms with Gasteiger partial charge in [-0.05, 0) is 87.1 Å². The fourth-order valence-corrected chi connectivity index (χ4v) is 4.28. The van der Waals surface area contributed by atoms with Crippen LogP contribution in [0.2, 0.25) is 0 Å². The minimum atomic E-state index is 0.945. The molecule has 0 atom stereocenters. The van der Waals surface area contributed by atoms with E-state index in [-0.39, 0.29) is 0 Å². The zero-order valence-electron chi connectivity index (χ0n) is 20.9. The Bertz CT molecular complexity index is 1170. The number of hydrogen-bond acceptors (Lipinski definition) is 6. The number of hydrogen-bond donors (Lipinski definition) is 2. The minimum Gasteiger partial charge on any atom is -0.369 e. The summed E-state index contributed by atoms with van der Waals surface area (Å²) in [7, 11) is 0. The summed E-state index contributed by atoms with van der Waals surface area (Å²) in [6, 6.07) is 8.66. The van der Waals surface area contributed by atoms with Gasteiger partial charge in [-0.3, -0.25) is 0 Å². The molecule has 0 fully saturated rings. The zero-order valence-corrected chi connectivity index (χ0v) is 20.9. The number of nitrogens with one attached hydrogen (secondary N) is 2. The van der Waals surface area contributed by atoms with Crippen molar-refractivity contribution in [2.45, 2.75) is 66.2 Å². The van der Waals surface area contributed by atoms with Crippen LogP contribution in [0, 0.1) is 27.7 Å². The molecule has 178 valence electrons. The topological polar surface area (TPSA) is 75.6 Å². The first-order chi connectivity index (χ1) is 16.5. The number of unbranched alkanes of at least 4 members (excludes halogenated alkanes) is 5. The summed E-state index contributed by atoms with van der Waals surface area (Å²) in [6.45, 7) is 10.4. The molecule has 0 bridgehead atoms. The maximum absolute atomic E-state index is 4.46. The van der Waals surface area contributed by atoms with E-state index in [4.69, 9.17) is 0 Å². The van der Waals surface area contributed by atoms with E-state index < -0.39 is 0 Å². The van der Waals surface area contributed by atoms with Crippen LogP contribution in [0.1, 0.15) is 60.8 Å². The molecule has 0 unspecified atom stereocenters. The van der Waals surface area contributed by atoms with Gasteiger partial charge in [0.1, 0.15) is 24.3 Å². The van der Waals surface area contributed by atoms with Crippen molar-refractivity contribution < 1.29 is 0 Å². The van der Waals surface area contributed by atoms with Gasteiger partial charge in [0.2, 0.25) is 0 Å². The maximum Gasteiger partial charge on any atom is 0.137 e. The number of aromatic nitrogens is 4. The van der Waals surface area contributed by atoms with Crippen LogP contribution in [0.3, 0.4) is 0 Å². The van der Waals surface area contributed by atoms with Gasteiger partial charge in [-0.2, -0.15) is 0 Å². The molecular formula is C28H36N6. The lowest BCUT2D eigenvalue weighted by Gasteiger charge is -2.10. The molecule has 0 radical (unpaired) electrons. The molecule has 0 aliphatic heterocycles. The van der Waals surface area contributed by atoms with E-state index in [1.165, 1.54) is 47.9 Å². The molecule has 0 aliphatic rings. The lowest BCUT2D eigenvalue weighted by Crippen LogP contribution is -2.05. The first-order valence-electron chi connectivity index (χ1n) is 12.4. The van der Waals surface area contributed by atoms with E-state index in [9.17, 15) is 0 Å². The standard InChI is InChI=1S/C28H36N6/c1-19-13-23-25(15-21(19)3)31-17-33-27(23)29-11-9-7-5-6-8-10-12-30-28-24-14-20(2)22(4)16-26(24)32-18-34-28/h13-18H,5-12H2,1-4H3,(H,29,31,33)(H,30,32,34). The summed E-state index contributed by atoms with van der Waals surface area (Å²) in [4.78, 5) is 17.8. The van der Waals surface area contributed by atoms with Gasteiger partial charge in [-0.25, -0.2) is 19.9 Å². The van der Waals surface area contributed by atoms with E-state index in [1.54, 1.807) is 12.7 Å². The third-order valence-corrected chi connectivity index (χ3v) is 6.69. The number of rotatable bonds is 11. The molecule has 2 N–H and O–H groups in total. The van der Waals surface area contributed by atoms with Crippen LogP contribution >= 0.6 is 0 Å². The fraction of sp³-hybridized carbons (Fsp3) is 0.429. The average Bonchev–Trinajstić information content (AvgIpc) is 2.82. The van der Waals surface area contributed by atoms with Crippen molar-refractivity contribution in [2.75, 3.05) is 23.7 Å². The van der Waals surface area contributed by atoms with Crippen LogP contribution in [0.5, 0.6) is 0 Å². The molecule has 0 saturated carbocycles. The highest BCUT2D eigenvalue weighted by Gasteiger charge is 2.07. The number of anilines is 2. The Balaban J connectivity index is 1.13. The van der Waals surface area contributed by atoms with Crippen molar-refractivity contribution in [3.8, 4) is 0 Å². The number of aryl methyl sites for hydroxylation is 4. The van der Waals surface area contributed by atoms with Crippen molar-refractivity contribution in [1.82, 2.24) is 19.9 Å². The van der Waals surface area contributed by atoms with Gasteiger partial charge in [0.05, 0.1) is 11.0 Å². The van der Waals surface area contributed by atoms with Crippen molar-refractivity contribution in [2.24, 2.45) is 0 Å². The van der Waals surface area contributed by atoms with Gasteiger partial charge in [-0.15, -0.1) is 0 Å². The van der Waals surface area contributed by atoms with Gasteiger partial charge in [-0.1, -0.05) is 25.7 Å². The largest absolute Gasteiger partial charge is 0.369 e. The molecule has 4 rings (SSSR count). The molecule has 4 aromatic rings. The smallest absolute Gasteiger partial charge is 0.137 e. The van der Waals surface area contributed by atoms with Crippen LogP contribution in [-0.4, -0.2) is 33.0 Å². The summed E-state index contributed by atoms with van der Waals surface area (Å²) in [5, 5.41) is 9.25. The molecule has 2 heterocycles. The van der Waals surface area contributed by atoms with Gasteiger partial charge in [0.25, 0.3) is 0 Å². The van der Waals surface area contributed by atoms with E-state index in [0.29, 0.717) is 0 Å². The Hall–Kier alpha value is -3.28. The molecule has 6 heteroatoms. The maximum atomic E-state index is 4.46. The normalized spacial score (nSPS) is 11.3. The summed E-state index contributed by atoms with van der Waals surface area (Å²) in [6.07, 6.45) is 10.6. The summed E-state index contributed by atoms with van der Waals surface area (Å²) in [5.74, 6) is 1.89. The van der Waals surface area contributed by atoms with E-state index >= 15 is 0 Å². The summed E-state index contributed by atoms with van der Waals surface area (Å²) < 4.78 is 0. The summed E-state index contributed by atoms with van der Waals surface area (Å²) >= 11 is 0. The predicted octanol–water partition coefficient (Wildman–Crippen LogP) is 6.67. The molecule has 0 spiro atoms. The van der Waals surface area contributed by atoms with Crippen molar-refractivity contribution >= 4 is 33.4 Å². The van der Waals surface area contributed by atoms with Crippen LogP contribution in [0.15, 0.2) is 36.9 Å². The van der Waals surface area contributed by atoms with E-state index in [2.05, 4.69) is 82.5 Å². The number of nitrogens with zero attached hydrogens (tertiary/aromatic N) is 4. The molecule has 0 aliphatic carbocycles. The molecule has 34 heavy (non-hydrogen) atoms. The quantitative estimate of drug-likeness (QED) is 0.245. The van der Waals surface area contributed by atoms with Crippen molar-refractivity contribution in [1.29, 1.82) is 0 Å². The summed E-state index contributed by atoms with van der Waals surface area (Å²) in [5.41, 5.74) is 7.10. The zero-order chi connectivity index (χ0) is 23.9. The minimum absolute atomic E-state index is 0.945. The van der Waals surface area contributed by atoms with Crippen LogP contribution in [0.4, 0.5) is 11.6 Å². The Morgan fingerprint density at radius 2 is 0.882 bits per heavy atom.